The Kier molecular flexibility index (Phi) is 7.24. The number of hydrogen-bond acceptors (Lipinski definition) is 3. The van der Waals surface area contributed by atoms with Gasteiger partial charge in [-0.1, -0.05) is 56.3 Å². The van der Waals surface area contributed by atoms with Crippen LogP contribution in [0.3, 0.4) is 0 Å². The number of benzene rings is 2. The molecule has 150 valence electrons. The smallest absolute Gasteiger partial charge is 0.251 e. The molecule has 0 saturated carbocycles. The van der Waals surface area contributed by atoms with Gasteiger partial charge in [0.1, 0.15) is 0 Å². The number of carbonyl (C=O) groups excluding carboxylic acids is 1. The van der Waals surface area contributed by atoms with Crippen LogP contribution in [0.15, 0.2) is 48.5 Å². The molecule has 2 atom stereocenters. The van der Waals surface area contributed by atoms with E-state index >= 15 is 0 Å². The van der Waals surface area contributed by atoms with Crippen LogP contribution in [-0.4, -0.2) is 31.0 Å². The van der Waals surface area contributed by atoms with Crippen LogP contribution in [0.1, 0.15) is 47.3 Å². The second kappa shape index (κ2) is 9.85. The highest BCUT2D eigenvalue weighted by Gasteiger charge is 2.22. The van der Waals surface area contributed by atoms with E-state index in [9.17, 15) is 4.79 Å². The molecule has 0 aliphatic carbocycles. The summed E-state index contributed by atoms with van der Waals surface area (Å²) in [6.45, 7) is 8.89. The fourth-order valence-corrected chi connectivity index (χ4v) is 4.34. The van der Waals surface area contributed by atoms with Crippen molar-refractivity contribution in [3.63, 3.8) is 0 Å². The second-order valence-corrected chi connectivity index (χ2v) is 8.18. The van der Waals surface area contributed by atoms with Crippen LogP contribution in [0.25, 0.3) is 0 Å². The molecule has 0 spiro atoms. The lowest BCUT2D eigenvalue weighted by atomic mass is 9.91. The summed E-state index contributed by atoms with van der Waals surface area (Å²) in [6, 6.07) is 16.0. The van der Waals surface area contributed by atoms with E-state index in [0.29, 0.717) is 18.7 Å². The molecule has 1 N–H and O–H groups in total. The summed E-state index contributed by atoms with van der Waals surface area (Å²) in [5, 5.41) is 3.10. The van der Waals surface area contributed by atoms with Crippen LogP contribution in [-0.2, 0) is 24.4 Å². The van der Waals surface area contributed by atoms with Crippen molar-refractivity contribution in [1.29, 1.82) is 0 Å². The average molecular weight is 381 g/mol. The van der Waals surface area contributed by atoms with E-state index in [1.165, 1.54) is 17.5 Å². The molecule has 2 aromatic rings. The van der Waals surface area contributed by atoms with Crippen LogP contribution >= 0.6 is 0 Å². The van der Waals surface area contributed by atoms with Gasteiger partial charge in [-0.3, -0.25) is 9.69 Å². The second-order valence-electron chi connectivity index (χ2n) is 8.18. The van der Waals surface area contributed by atoms with Gasteiger partial charge in [-0.15, -0.1) is 0 Å². The minimum Gasteiger partial charge on any atom is -0.380 e. The predicted molar refractivity (Wildman–Crippen MR) is 113 cm³/mol. The van der Waals surface area contributed by atoms with E-state index in [2.05, 4.69) is 42.3 Å². The highest BCUT2D eigenvalue weighted by Crippen LogP contribution is 2.23. The van der Waals surface area contributed by atoms with Crippen LogP contribution in [0.2, 0.25) is 0 Å². The lowest BCUT2D eigenvalue weighted by molar-refractivity contribution is 0.0945. The van der Waals surface area contributed by atoms with E-state index in [1.807, 2.05) is 30.3 Å². The number of likely N-dealkylation sites (tertiary alicyclic amines) is 1. The third-order valence-electron chi connectivity index (χ3n) is 5.46. The van der Waals surface area contributed by atoms with Gasteiger partial charge in [-0.2, -0.15) is 0 Å². The van der Waals surface area contributed by atoms with Crippen molar-refractivity contribution in [2.24, 2.45) is 11.8 Å². The SMILES string of the molecule is COCc1ccccc1C(=O)NCc1ccccc1CN1C[C@H](C)C[C@@H](C)C1. The number of piperidine rings is 1. The average Bonchev–Trinajstić information content (AvgIpc) is 2.67. The first-order chi connectivity index (χ1) is 13.6. The number of methoxy groups -OCH3 is 1. The van der Waals surface area contributed by atoms with Gasteiger partial charge in [0.15, 0.2) is 0 Å². The number of ether oxygens (including phenoxy) is 1. The number of carbonyl (C=O) groups is 1. The summed E-state index contributed by atoms with van der Waals surface area (Å²) in [4.78, 5) is 15.3. The first-order valence-corrected chi connectivity index (χ1v) is 10.2. The molecule has 0 bridgehead atoms. The van der Waals surface area contributed by atoms with Gasteiger partial charge in [0.05, 0.1) is 6.61 Å². The number of amides is 1. The van der Waals surface area contributed by atoms with Crippen molar-refractivity contribution < 1.29 is 9.53 Å². The van der Waals surface area contributed by atoms with Gasteiger partial charge in [0, 0.05) is 38.9 Å². The van der Waals surface area contributed by atoms with Gasteiger partial charge in [-0.05, 0) is 41.0 Å². The van der Waals surface area contributed by atoms with E-state index < -0.39 is 0 Å². The van der Waals surface area contributed by atoms with E-state index in [0.717, 1.165) is 37.0 Å². The Morgan fingerprint density at radius 1 is 1.00 bits per heavy atom. The maximum atomic E-state index is 12.7. The predicted octanol–water partition coefficient (Wildman–Crippen LogP) is 4.24. The summed E-state index contributed by atoms with van der Waals surface area (Å²) in [7, 11) is 1.65. The minimum atomic E-state index is -0.0531. The van der Waals surface area contributed by atoms with Gasteiger partial charge >= 0.3 is 0 Å². The van der Waals surface area contributed by atoms with Crippen molar-refractivity contribution in [2.75, 3.05) is 20.2 Å². The van der Waals surface area contributed by atoms with Gasteiger partial charge < -0.3 is 10.1 Å². The molecular formula is C24H32N2O2. The summed E-state index contributed by atoms with van der Waals surface area (Å²) in [6.07, 6.45) is 1.31. The minimum absolute atomic E-state index is 0.0531. The van der Waals surface area contributed by atoms with Gasteiger partial charge in [-0.25, -0.2) is 0 Å². The third-order valence-corrected chi connectivity index (χ3v) is 5.46. The molecule has 4 nitrogen and oxygen atoms in total. The van der Waals surface area contributed by atoms with Crippen molar-refractivity contribution >= 4 is 5.91 Å². The lowest BCUT2D eigenvalue weighted by Crippen LogP contribution is -2.38. The molecule has 0 unspecified atom stereocenters. The molecule has 0 aromatic heterocycles. The Morgan fingerprint density at radius 3 is 2.29 bits per heavy atom. The molecule has 1 aliphatic rings. The fraction of sp³-hybridized carbons (Fsp3) is 0.458. The largest absolute Gasteiger partial charge is 0.380 e. The summed E-state index contributed by atoms with van der Waals surface area (Å²) < 4.78 is 5.22. The molecule has 1 heterocycles. The van der Waals surface area contributed by atoms with E-state index in [4.69, 9.17) is 4.74 Å². The zero-order chi connectivity index (χ0) is 19.9. The monoisotopic (exact) mass is 380 g/mol. The van der Waals surface area contributed by atoms with Gasteiger partial charge in [0.25, 0.3) is 5.91 Å². The third kappa shape index (κ3) is 5.43. The van der Waals surface area contributed by atoms with E-state index in [-0.39, 0.29) is 5.91 Å². The molecular weight excluding hydrogens is 348 g/mol. The number of nitrogens with one attached hydrogen (secondary N) is 1. The normalized spacial score (nSPS) is 20.1. The summed E-state index contributed by atoms with van der Waals surface area (Å²) in [5.41, 5.74) is 4.08. The van der Waals surface area contributed by atoms with Crippen molar-refractivity contribution in [3.05, 3.63) is 70.8 Å². The number of rotatable bonds is 7. The zero-order valence-electron chi connectivity index (χ0n) is 17.3. The molecule has 3 rings (SSSR count). The van der Waals surface area contributed by atoms with E-state index in [1.54, 1.807) is 7.11 Å². The standard InChI is InChI=1S/C24H32N2O2/c1-18-12-19(2)15-26(14-18)16-21-9-5-4-8-20(21)13-25-24(27)23-11-7-6-10-22(23)17-28-3/h4-11,18-19H,12-17H2,1-3H3,(H,25,27)/t18-,19-/m1/s1. The van der Waals surface area contributed by atoms with Crippen LogP contribution in [0.5, 0.6) is 0 Å². The Morgan fingerprint density at radius 2 is 1.61 bits per heavy atom. The first-order valence-electron chi connectivity index (χ1n) is 10.2. The molecule has 1 fully saturated rings. The van der Waals surface area contributed by atoms with Gasteiger partial charge in [0.2, 0.25) is 0 Å². The maximum absolute atomic E-state index is 12.7. The Balaban J connectivity index is 1.66. The molecule has 28 heavy (non-hydrogen) atoms. The van der Waals surface area contributed by atoms with Crippen LogP contribution in [0.4, 0.5) is 0 Å². The number of hydrogen-bond donors (Lipinski definition) is 1. The highest BCUT2D eigenvalue weighted by molar-refractivity contribution is 5.95. The molecule has 2 aromatic carbocycles. The fourth-order valence-electron chi connectivity index (χ4n) is 4.34. The Hall–Kier alpha value is -2.17. The van der Waals surface area contributed by atoms with Crippen molar-refractivity contribution in [3.8, 4) is 0 Å². The first kappa shape index (κ1) is 20.6. The summed E-state index contributed by atoms with van der Waals surface area (Å²) in [5.74, 6) is 1.43. The molecule has 1 aliphatic heterocycles. The molecule has 1 saturated heterocycles. The highest BCUT2D eigenvalue weighted by atomic mass is 16.5. The molecule has 0 radical (unpaired) electrons. The Bertz CT molecular complexity index is 780. The summed E-state index contributed by atoms with van der Waals surface area (Å²) >= 11 is 0. The molecule has 4 heteroatoms. The van der Waals surface area contributed by atoms with Crippen LogP contribution < -0.4 is 5.32 Å². The Labute approximate surface area is 168 Å². The zero-order valence-corrected chi connectivity index (χ0v) is 17.3. The van der Waals surface area contributed by atoms with Crippen molar-refractivity contribution in [1.82, 2.24) is 10.2 Å². The quantitative estimate of drug-likeness (QED) is 0.781. The topological polar surface area (TPSA) is 41.6 Å². The molecule has 1 amide bonds. The van der Waals surface area contributed by atoms with Crippen LogP contribution in [0, 0.1) is 11.8 Å². The maximum Gasteiger partial charge on any atom is 0.251 e. The lowest BCUT2D eigenvalue weighted by Gasteiger charge is -2.35. The number of nitrogens with zero attached hydrogens (tertiary/aromatic N) is 1. The van der Waals surface area contributed by atoms with Crippen molar-refractivity contribution in [2.45, 2.75) is 40.0 Å².